The third kappa shape index (κ3) is 4.08. The molecule has 0 spiro atoms. The van der Waals surface area contributed by atoms with Gasteiger partial charge in [-0.05, 0) is 71.3 Å². The van der Waals surface area contributed by atoms with Gasteiger partial charge in [-0.3, -0.25) is 4.79 Å². The fourth-order valence-electron chi connectivity index (χ4n) is 3.26. The Hall–Kier alpha value is -3.92. The highest BCUT2D eigenvalue weighted by Gasteiger charge is 2.10. The first-order chi connectivity index (χ1) is 14.5. The highest BCUT2D eigenvalue weighted by Crippen LogP contribution is 2.28. The summed E-state index contributed by atoms with van der Waals surface area (Å²) in [6, 6.07) is 26.1. The number of hydrogen-bond donors (Lipinski definition) is 0. The second-order valence-corrected chi connectivity index (χ2v) is 6.98. The molecule has 4 heteroatoms. The van der Waals surface area contributed by atoms with Gasteiger partial charge in [-0.15, -0.1) is 0 Å². The summed E-state index contributed by atoms with van der Waals surface area (Å²) in [4.78, 5) is 23.8. The van der Waals surface area contributed by atoms with Crippen molar-refractivity contribution in [2.75, 3.05) is 7.11 Å². The smallest absolute Gasteiger partial charge is 0.343 e. The highest BCUT2D eigenvalue weighted by atomic mass is 16.5. The Bertz CT molecular complexity index is 1220. The lowest BCUT2D eigenvalue weighted by molar-refractivity contribution is 0.0734. The molecule has 0 heterocycles. The molecule has 0 saturated heterocycles. The number of Topliss-reactive ketones (excluding diaryl/α,β-unsaturated/α-hetero) is 1. The largest absolute Gasteiger partial charge is 0.497 e. The average molecular weight is 396 g/mol. The lowest BCUT2D eigenvalue weighted by Gasteiger charge is -2.08. The van der Waals surface area contributed by atoms with Crippen LogP contribution in [0.15, 0.2) is 84.9 Å². The average Bonchev–Trinajstić information content (AvgIpc) is 2.79. The maximum Gasteiger partial charge on any atom is 0.343 e. The van der Waals surface area contributed by atoms with Gasteiger partial charge in [-0.1, -0.05) is 42.5 Å². The van der Waals surface area contributed by atoms with Crippen LogP contribution in [0.3, 0.4) is 0 Å². The Kier molecular flexibility index (Phi) is 5.31. The van der Waals surface area contributed by atoms with Gasteiger partial charge in [0.25, 0.3) is 0 Å². The molecule has 0 aromatic heterocycles. The summed E-state index contributed by atoms with van der Waals surface area (Å²) in [5.74, 6) is 0.792. The van der Waals surface area contributed by atoms with Crippen LogP contribution >= 0.6 is 0 Å². The Balaban J connectivity index is 1.54. The Labute approximate surface area is 174 Å². The number of rotatable bonds is 5. The van der Waals surface area contributed by atoms with E-state index in [1.54, 1.807) is 37.4 Å². The SMILES string of the molecule is COc1ccc(-c2ccc3cc(OC(=O)c4ccc(C(C)=O)cc4)ccc3c2)cc1. The van der Waals surface area contributed by atoms with Gasteiger partial charge in [0.1, 0.15) is 11.5 Å². The van der Waals surface area contributed by atoms with Crippen molar-refractivity contribution >= 4 is 22.5 Å². The minimum Gasteiger partial charge on any atom is -0.497 e. The predicted molar refractivity (Wildman–Crippen MR) is 117 cm³/mol. The number of hydrogen-bond acceptors (Lipinski definition) is 4. The molecule has 30 heavy (non-hydrogen) atoms. The summed E-state index contributed by atoms with van der Waals surface area (Å²) >= 11 is 0. The van der Waals surface area contributed by atoms with E-state index in [0.717, 1.165) is 27.6 Å². The van der Waals surface area contributed by atoms with Crippen molar-refractivity contribution < 1.29 is 19.1 Å². The van der Waals surface area contributed by atoms with E-state index in [2.05, 4.69) is 6.07 Å². The molecule has 0 radical (unpaired) electrons. The number of ketones is 1. The first-order valence-electron chi connectivity index (χ1n) is 9.55. The molecule has 0 atom stereocenters. The lowest BCUT2D eigenvalue weighted by Crippen LogP contribution is -2.08. The maximum atomic E-state index is 12.4. The Morgan fingerprint density at radius 1 is 0.633 bits per heavy atom. The molecule has 0 bridgehead atoms. The van der Waals surface area contributed by atoms with Crippen molar-refractivity contribution in [3.8, 4) is 22.6 Å². The van der Waals surface area contributed by atoms with Crippen molar-refractivity contribution in [3.63, 3.8) is 0 Å². The summed E-state index contributed by atoms with van der Waals surface area (Å²) in [6.45, 7) is 1.49. The first kappa shape index (κ1) is 19.4. The quantitative estimate of drug-likeness (QED) is 0.238. The second-order valence-electron chi connectivity index (χ2n) is 6.98. The van der Waals surface area contributed by atoms with Crippen LogP contribution in [0.2, 0.25) is 0 Å². The van der Waals surface area contributed by atoms with Crippen LogP contribution in [-0.2, 0) is 0 Å². The molecule has 4 aromatic rings. The molecule has 0 fully saturated rings. The van der Waals surface area contributed by atoms with Crippen molar-refractivity contribution in [2.45, 2.75) is 6.92 Å². The zero-order chi connectivity index (χ0) is 21.1. The van der Waals surface area contributed by atoms with Gasteiger partial charge in [0.2, 0.25) is 0 Å². The molecule has 0 aliphatic rings. The number of fused-ring (bicyclic) bond motifs is 1. The van der Waals surface area contributed by atoms with Gasteiger partial charge in [0, 0.05) is 5.56 Å². The van der Waals surface area contributed by atoms with Gasteiger partial charge in [0.05, 0.1) is 12.7 Å². The standard InChI is InChI=1S/C26H20O4/c1-17(27)18-3-5-20(6-4-18)26(28)30-25-14-11-22-15-21(7-8-23(22)16-25)19-9-12-24(29-2)13-10-19/h3-16H,1-2H3. The number of carbonyl (C=O) groups excluding carboxylic acids is 2. The fourth-order valence-corrected chi connectivity index (χ4v) is 3.26. The van der Waals surface area contributed by atoms with E-state index in [1.807, 2.05) is 48.5 Å². The van der Waals surface area contributed by atoms with Gasteiger partial charge < -0.3 is 9.47 Å². The van der Waals surface area contributed by atoms with E-state index in [1.165, 1.54) is 6.92 Å². The molecule has 0 unspecified atom stereocenters. The Morgan fingerprint density at radius 3 is 1.87 bits per heavy atom. The van der Waals surface area contributed by atoms with Gasteiger partial charge in [-0.25, -0.2) is 4.79 Å². The third-order valence-electron chi connectivity index (χ3n) is 4.97. The molecule has 148 valence electrons. The van der Waals surface area contributed by atoms with Crippen LogP contribution in [0.1, 0.15) is 27.6 Å². The molecule has 0 aliphatic heterocycles. The number of methoxy groups -OCH3 is 1. The Morgan fingerprint density at radius 2 is 1.20 bits per heavy atom. The number of ether oxygens (including phenoxy) is 2. The molecule has 0 N–H and O–H groups in total. The summed E-state index contributed by atoms with van der Waals surface area (Å²) in [5, 5.41) is 2.03. The molecule has 0 saturated carbocycles. The van der Waals surface area contributed by atoms with E-state index in [4.69, 9.17) is 9.47 Å². The van der Waals surface area contributed by atoms with Crippen LogP contribution in [0.25, 0.3) is 21.9 Å². The zero-order valence-electron chi connectivity index (χ0n) is 16.7. The number of esters is 1. The van der Waals surface area contributed by atoms with E-state index in [0.29, 0.717) is 16.9 Å². The van der Waals surface area contributed by atoms with E-state index in [9.17, 15) is 9.59 Å². The molecular formula is C26H20O4. The summed E-state index contributed by atoms with van der Waals surface area (Å²) in [6.07, 6.45) is 0. The summed E-state index contributed by atoms with van der Waals surface area (Å²) in [7, 11) is 1.65. The van der Waals surface area contributed by atoms with Crippen molar-refractivity contribution in [1.82, 2.24) is 0 Å². The van der Waals surface area contributed by atoms with Crippen molar-refractivity contribution in [3.05, 3.63) is 96.1 Å². The second kappa shape index (κ2) is 8.21. The van der Waals surface area contributed by atoms with Crippen molar-refractivity contribution in [2.24, 2.45) is 0 Å². The zero-order valence-corrected chi connectivity index (χ0v) is 16.7. The number of carbonyl (C=O) groups is 2. The fraction of sp³-hybridized carbons (Fsp3) is 0.0769. The van der Waals surface area contributed by atoms with Crippen molar-refractivity contribution in [1.29, 1.82) is 0 Å². The molecule has 0 aliphatic carbocycles. The summed E-state index contributed by atoms with van der Waals surface area (Å²) in [5.41, 5.74) is 3.16. The van der Waals surface area contributed by atoms with Gasteiger partial charge >= 0.3 is 5.97 Å². The third-order valence-corrected chi connectivity index (χ3v) is 4.97. The van der Waals surface area contributed by atoms with Crippen LogP contribution < -0.4 is 9.47 Å². The summed E-state index contributed by atoms with van der Waals surface area (Å²) < 4.78 is 10.7. The van der Waals surface area contributed by atoms with Crippen LogP contribution in [-0.4, -0.2) is 18.9 Å². The predicted octanol–water partition coefficient (Wildman–Crippen LogP) is 5.94. The van der Waals surface area contributed by atoms with Gasteiger partial charge in [0.15, 0.2) is 5.78 Å². The molecular weight excluding hydrogens is 376 g/mol. The molecule has 4 rings (SSSR count). The normalized spacial score (nSPS) is 10.6. The first-order valence-corrected chi connectivity index (χ1v) is 9.55. The van der Waals surface area contributed by atoms with E-state index < -0.39 is 5.97 Å². The van der Waals surface area contributed by atoms with Crippen LogP contribution in [0.4, 0.5) is 0 Å². The van der Waals surface area contributed by atoms with E-state index >= 15 is 0 Å². The molecule has 4 aromatic carbocycles. The maximum absolute atomic E-state index is 12.4. The highest BCUT2D eigenvalue weighted by molar-refractivity contribution is 5.97. The number of benzene rings is 4. The molecule has 4 nitrogen and oxygen atoms in total. The lowest BCUT2D eigenvalue weighted by atomic mass is 10.0. The minimum atomic E-state index is -0.459. The van der Waals surface area contributed by atoms with Crippen LogP contribution in [0.5, 0.6) is 11.5 Å². The van der Waals surface area contributed by atoms with E-state index in [-0.39, 0.29) is 5.78 Å². The van der Waals surface area contributed by atoms with Crippen LogP contribution in [0, 0.1) is 0 Å². The monoisotopic (exact) mass is 396 g/mol. The van der Waals surface area contributed by atoms with Gasteiger partial charge in [-0.2, -0.15) is 0 Å². The topological polar surface area (TPSA) is 52.6 Å². The minimum absolute atomic E-state index is 0.0431. The molecule has 0 amide bonds.